The average molecular weight is 304 g/mol. The van der Waals surface area contributed by atoms with Gasteiger partial charge in [0.25, 0.3) is 0 Å². The molecule has 2 atom stereocenters. The maximum atomic E-state index is 12.5. The summed E-state index contributed by atoms with van der Waals surface area (Å²) in [6.45, 7) is 6.09. The van der Waals surface area contributed by atoms with Gasteiger partial charge in [-0.2, -0.15) is 0 Å². The Morgan fingerprint density at radius 1 is 1.36 bits per heavy atom. The highest BCUT2D eigenvalue weighted by atomic mass is 16.3. The third-order valence-corrected chi connectivity index (χ3v) is 4.43. The predicted molar refractivity (Wildman–Crippen MR) is 88.5 cm³/mol. The number of carbonyl (C=O) groups excluding carboxylic acids is 1. The molecule has 0 aliphatic carbocycles. The highest BCUT2D eigenvalue weighted by molar-refractivity contribution is 5.81. The number of aliphatic hydroxyl groups is 1. The van der Waals surface area contributed by atoms with Crippen molar-refractivity contribution < 1.29 is 9.90 Å². The minimum Gasteiger partial charge on any atom is -0.384 e. The van der Waals surface area contributed by atoms with E-state index >= 15 is 0 Å². The molecule has 0 aromatic heterocycles. The van der Waals surface area contributed by atoms with Gasteiger partial charge in [-0.05, 0) is 44.8 Å². The molecule has 1 saturated heterocycles. The van der Waals surface area contributed by atoms with Gasteiger partial charge in [-0.25, -0.2) is 0 Å². The van der Waals surface area contributed by atoms with Crippen LogP contribution in [0.5, 0.6) is 0 Å². The highest BCUT2D eigenvalue weighted by Crippen LogP contribution is 2.20. The van der Waals surface area contributed by atoms with Gasteiger partial charge in [-0.15, -0.1) is 0 Å². The Morgan fingerprint density at radius 3 is 2.77 bits per heavy atom. The number of hydrogen-bond acceptors (Lipinski definition) is 3. The van der Waals surface area contributed by atoms with E-state index in [0.717, 1.165) is 37.9 Å². The van der Waals surface area contributed by atoms with E-state index in [1.54, 1.807) is 6.92 Å². The van der Waals surface area contributed by atoms with Crippen molar-refractivity contribution in [2.24, 2.45) is 0 Å². The summed E-state index contributed by atoms with van der Waals surface area (Å²) >= 11 is 0. The summed E-state index contributed by atoms with van der Waals surface area (Å²) < 4.78 is 0. The summed E-state index contributed by atoms with van der Waals surface area (Å²) in [5.41, 5.74) is -0.217. The lowest BCUT2D eigenvalue weighted by Crippen LogP contribution is -2.51. The molecule has 1 amide bonds. The van der Waals surface area contributed by atoms with Crippen molar-refractivity contribution in [1.82, 2.24) is 10.2 Å². The van der Waals surface area contributed by atoms with Crippen molar-refractivity contribution in [3.63, 3.8) is 0 Å². The maximum Gasteiger partial charge on any atom is 0.237 e. The summed E-state index contributed by atoms with van der Waals surface area (Å²) in [5, 5.41) is 13.5. The van der Waals surface area contributed by atoms with Gasteiger partial charge in [-0.1, -0.05) is 43.7 Å². The molecule has 1 aromatic carbocycles. The highest BCUT2D eigenvalue weighted by Gasteiger charge is 2.30. The number of carbonyl (C=O) groups is 1. The molecule has 0 spiro atoms. The smallest absolute Gasteiger partial charge is 0.237 e. The molecule has 0 saturated carbocycles. The Hall–Kier alpha value is -1.39. The van der Waals surface area contributed by atoms with Crippen molar-refractivity contribution in [1.29, 1.82) is 0 Å². The fourth-order valence-electron chi connectivity index (χ4n) is 3.12. The van der Waals surface area contributed by atoms with E-state index in [-0.39, 0.29) is 18.5 Å². The van der Waals surface area contributed by atoms with Crippen LogP contribution in [0.25, 0.3) is 0 Å². The van der Waals surface area contributed by atoms with Crippen LogP contribution in [0.2, 0.25) is 0 Å². The van der Waals surface area contributed by atoms with Crippen LogP contribution in [0.3, 0.4) is 0 Å². The fourth-order valence-corrected chi connectivity index (χ4v) is 3.12. The lowest BCUT2D eigenvalue weighted by Gasteiger charge is -2.35. The van der Waals surface area contributed by atoms with E-state index in [1.807, 2.05) is 30.3 Å². The summed E-state index contributed by atoms with van der Waals surface area (Å²) in [5.74, 6) is 0.0457. The van der Waals surface area contributed by atoms with Crippen molar-refractivity contribution >= 4 is 5.91 Å². The molecule has 0 bridgehead atoms. The van der Waals surface area contributed by atoms with Crippen LogP contribution < -0.4 is 5.32 Å². The van der Waals surface area contributed by atoms with Crippen LogP contribution in [-0.2, 0) is 10.4 Å². The first-order valence-corrected chi connectivity index (χ1v) is 8.34. The summed E-state index contributed by atoms with van der Waals surface area (Å²) in [6.07, 6.45) is 4.25. The third kappa shape index (κ3) is 4.31. The average Bonchev–Trinajstić information content (AvgIpc) is 2.54. The van der Waals surface area contributed by atoms with Gasteiger partial charge in [0.15, 0.2) is 0 Å². The zero-order valence-electron chi connectivity index (χ0n) is 13.7. The van der Waals surface area contributed by atoms with E-state index < -0.39 is 5.60 Å². The molecular weight excluding hydrogens is 276 g/mol. The van der Waals surface area contributed by atoms with E-state index in [2.05, 4.69) is 17.1 Å². The SMILES string of the molecule is CCCN1CCCCC1C(=O)NCC(C)(O)c1ccccc1. The van der Waals surface area contributed by atoms with Crippen molar-refractivity contribution in [3.8, 4) is 0 Å². The Morgan fingerprint density at radius 2 is 2.09 bits per heavy atom. The third-order valence-electron chi connectivity index (χ3n) is 4.43. The number of likely N-dealkylation sites (tertiary alicyclic amines) is 1. The Bertz CT molecular complexity index is 471. The first-order valence-electron chi connectivity index (χ1n) is 8.34. The first-order chi connectivity index (χ1) is 10.5. The van der Waals surface area contributed by atoms with Crippen LogP contribution in [-0.4, -0.2) is 41.6 Å². The lowest BCUT2D eigenvalue weighted by molar-refractivity contribution is -0.128. The number of piperidine rings is 1. The largest absolute Gasteiger partial charge is 0.384 e. The Kier molecular flexibility index (Phi) is 5.98. The first kappa shape index (κ1) is 17.0. The van der Waals surface area contributed by atoms with Gasteiger partial charge >= 0.3 is 0 Å². The summed E-state index contributed by atoms with van der Waals surface area (Å²) in [6, 6.07) is 9.45. The zero-order valence-corrected chi connectivity index (χ0v) is 13.7. The number of nitrogens with zero attached hydrogens (tertiary/aromatic N) is 1. The number of benzene rings is 1. The maximum absolute atomic E-state index is 12.5. The Balaban J connectivity index is 1.93. The van der Waals surface area contributed by atoms with Crippen molar-refractivity contribution in [2.45, 2.75) is 51.2 Å². The normalized spacial score (nSPS) is 22.0. The number of amides is 1. The summed E-state index contributed by atoms with van der Waals surface area (Å²) in [4.78, 5) is 14.8. The van der Waals surface area contributed by atoms with Crippen LogP contribution in [0.15, 0.2) is 30.3 Å². The zero-order chi connectivity index (χ0) is 16.0. The second-order valence-corrected chi connectivity index (χ2v) is 6.41. The number of rotatable bonds is 6. The van der Waals surface area contributed by atoms with Crippen LogP contribution in [0.1, 0.15) is 45.1 Å². The van der Waals surface area contributed by atoms with Gasteiger partial charge in [0.1, 0.15) is 5.60 Å². The summed E-state index contributed by atoms with van der Waals surface area (Å²) in [7, 11) is 0. The van der Waals surface area contributed by atoms with Gasteiger partial charge in [-0.3, -0.25) is 9.69 Å². The molecular formula is C18H28N2O2. The van der Waals surface area contributed by atoms with Gasteiger partial charge < -0.3 is 10.4 Å². The van der Waals surface area contributed by atoms with E-state index in [9.17, 15) is 9.90 Å². The molecule has 1 aliphatic heterocycles. The minimum atomic E-state index is -1.04. The van der Waals surface area contributed by atoms with Gasteiger partial charge in [0.2, 0.25) is 5.91 Å². The minimum absolute atomic E-state index is 0.0414. The molecule has 1 heterocycles. The van der Waals surface area contributed by atoms with Gasteiger partial charge in [0, 0.05) is 0 Å². The molecule has 1 aliphatic rings. The molecule has 4 heteroatoms. The molecule has 0 radical (unpaired) electrons. The van der Waals surface area contributed by atoms with Crippen molar-refractivity contribution in [2.75, 3.05) is 19.6 Å². The van der Waals surface area contributed by atoms with E-state index in [0.29, 0.717) is 0 Å². The quantitative estimate of drug-likeness (QED) is 0.848. The monoisotopic (exact) mass is 304 g/mol. The van der Waals surface area contributed by atoms with Crippen LogP contribution >= 0.6 is 0 Å². The fraction of sp³-hybridized carbons (Fsp3) is 0.611. The molecule has 122 valence electrons. The topological polar surface area (TPSA) is 52.6 Å². The van der Waals surface area contributed by atoms with Crippen molar-refractivity contribution in [3.05, 3.63) is 35.9 Å². The van der Waals surface area contributed by atoms with E-state index in [4.69, 9.17) is 0 Å². The van der Waals surface area contributed by atoms with Crippen LogP contribution in [0, 0.1) is 0 Å². The lowest BCUT2D eigenvalue weighted by atomic mass is 9.95. The predicted octanol–water partition coefficient (Wildman–Crippen LogP) is 2.27. The molecule has 1 fully saturated rings. The second kappa shape index (κ2) is 7.75. The molecule has 2 N–H and O–H groups in total. The molecule has 1 aromatic rings. The standard InChI is InChI=1S/C18H28N2O2/c1-3-12-20-13-8-7-11-16(20)17(21)19-14-18(2,22)15-9-5-4-6-10-15/h4-6,9-10,16,22H,3,7-8,11-14H2,1-2H3,(H,19,21). The molecule has 4 nitrogen and oxygen atoms in total. The molecule has 22 heavy (non-hydrogen) atoms. The van der Waals surface area contributed by atoms with Crippen LogP contribution in [0.4, 0.5) is 0 Å². The second-order valence-electron chi connectivity index (χ2n) is 6.41. The molecule has 2 unspecified atom stereocenters. The molecule has 2 rings (SSSR count). The number of nitrogens with one attached hydrogen (secondary N) is 1. The van der Waals surface area contributed by atoms with Gasteiger partial charge in [0.05, 0.1) is 12.6 Å². The van der Waals surface area contributed by atoms with E-state index in [1.165, 1.54) is 6.42 Å². The Labute approximate surface area is 133 Å². The number of hydrogen-bond donors (Lipinski definition) is 2.